The van der Waals surface area contributed by atoms with Crippen molar-refractivity contribution in [2.75, 3.05) is 0 Å². The maximum absolute atomic E-state index is 9.42. The van der Waals surface area contributed by atoms with E-state index in [2.05, 4.69) is 10.1 Å². The second-order valence-electron chi connectivity index (χ2n) is 4.16. The van der Waals surface area contributed by atoms with Crippen molar-refractivity contribution in [3.63, 3.8) is 0 Å². The Morgan fingerprint density at radius 2 is 1.90 bits per heavy atom. The molecule has 5 nitrogen and oxygen atoms in total. The van der Waals surface area contributed by atoms with E-state index in [1.807, 2.05) is 30.3 Å². The molecule has 3 aromatic rings. The molecule has 1 heterocycles. The molecule has 0 amide bonds. The minimum atomic E-state index is 0.161. The summed E-state index contributed by atoms with van der Waals surface area (Å²) in [5, 5.41) is 13.3. The molecule has 0 bridgehead atoms. The Morgan fingerprint density at radius 1 is 1.05 bits per heavy atom. The lowest BCUT2D eigenvalue weighted by Crippen LogP contribution is -1.95. The highest BCUT2D eigenvalue weighted by molar-refractivity contribution is 5.56. The zero-order valence-electron chi connectivity index (χ0n) is 10.6. The van der Waals surface area contributed by atoms with Crippen LogP contribution in [0.25, 0.3) is 11.4 Å². The molecular formula is C15H12N2O3. The second kappa shape index (κ2) is 5.44. The monoisotopic (exact) mass is 268 g/mol. The van der Waals surface area contributed by atoms with Crippen LogP contribution in [0.15, 0.2) is 59.1 Å². The molecule has 2 aromatic carbocycles. The number of ether oxygens (including phenoxy) is 1. The van der Waals surface area contributed by atoms with Crippen molar-refractivity contribution in [3.8, 4) is 22.9 Å². The maximum atomic E-state index is 9.42. The van der Waals surface area contributed by atoms with Crippen LogP contribution in [-0.2, 0) is 6.61 Å². The zero-order valence-corrected chi connectivity index (χ0v) is 10.6. The lowest BCUT2D eigenvalue weighted by atomic mass is 10.2. The SMILES string of the molecule is Oc1cccc(-c2noc(COc3ccccc3)n2)c1. The van der Waals surface area contributed by atoms with Crippen molar-refractivity contribution in [1.29, 1.82) is 0 Å². The van der Waals surface area contributed by atoms with Crippen molar-refractivity contribution in [1.82, 2.24) is 10.1 Å². The normalized spacial score (nSPS) is 10.4. The summed E-state index contributed by atoms with van der Waals surface area (Å²) in [5.41, 5.74) is 0.694. The highest BCUT2D eigenvalue weighted by atomic mass is 16.5. The third kappa shape index (κ3) is 2.77. The van der Waals surface area contributed by atoms with Gasteiger partial charge in [-0.15, -0.1) is 0 Å². The third-order valence-corrected chi connectivity index (χ3v) is 2.68. The van der Waals surface area contributed by atoms with Crippen LogP contribution in [0.1, 0.15) is 5.89 Å². The van der Waals surface area contributed by atoms with Crippen molar-refractivity contribution >= 4 is 0 Å². The number of phenols is 1. The number of phenolic OH excluding ortho intramolecular Hbond substituents is 1. The van der Waals surface area contributed by atoms with Crippen molar-refractivity contribution in [2.45, 2.75) is 6.61 Å². The highest BCUT2D eigenvalue weighted by Crippen LogP contribution is 2.20. The molecule has 0 spiro atoms. The topological polar surface area (TPSA) is 68.4 Å². The number of rotatable bonds is 4. The molecule has 100 valence electrons. The minimum Gasteiger partial charge on any atom is -0.508 e. The van der Waals surface area contributed by atoms with Gasteiger partial charge in [0.2, 0.25) is 5.82 Å². The third-order valence-electron chi connectivity index (χ3n) is 2.68. The average Bonchev–Trinajstić information content (AvgIpc) is 2.95. The van der Waals surface area contributed by atoms with E-state index in [1.54, 1.807) is 24.3 Å². The smallest absolute Gasteiger partial charge is 0.264 e. The summed E-state index contributed by atoms with van der Waals surface area (Å²) < 4.78 is 10.6. The fourth-order valence-corrected chi connectivity index (χ4v) is 1.74. The summed E-state index contributed by atoms with van der Waals surface area (Å²) in [6, 6.07) is 16.1. The van der Waals surface area contributed by atoms with Gasteiger partial charge in [-0.25, -0.2) is 0 Å². The molecule has 0 radical (unpaired) electrons. The van der Waals surface area contributed by atoms with Crippen LogP contribution < -0.4 is 4.74 Å². The van der Waals surface area contributed by atoms with E-state index in [0.717, 1.165) is 5.75 Å². The van der Waals surface area contributed by atoms with E-state index in [1.165, 1.54) is 0 Å². The molecule has 0 aliphatic rings. The predicted molar refractivity (Wildman–Crippen MR) is 72.2 cm³/mol. The highest BCUT2D eigenvalue weighted by Gasteiger charge is 2.09. The van der Waals surface area contributed by atoms with Gasteiger partial charge in [0.05, 0.1) is 0 Å². The van der Waals surface area contributed by atoms with Gasteiger partial charge < -0.3 is 14.4 Å². The largest absolute Gasteiger partial charge is 0.508 e. The van der Waals surface area contributed by atoms with Crippen LogP contribution in [0.4, 0.5) is 0 Å². The Kier molecular flexibility index (Phi) is 3.33. The number of para-hydroxylation sites is 1. The average molecular weight is 268 g/mol. The van der Waals surface area contributed by atoms with E-state index in [4.69, 9.17) is 9.26 Å². The maximum Gasteiger partial charge on any atom is 0.264 e. The van der Waals surface area contributed by atoms with Crippen molar-refractivity contribution in [2.24, 2.45) is 0 Å². The summed E-state index contributed by atoms with van der Waals surface area (Å²) in [6.07, 6.45) is 0. The standard InChI is InChI=1S/C15H12N2O3/c18-12-6-4-5-11(9-12)15-16-14(20-17-15)10-19-13-7-2-1-3-8-13/h1-9,18H,10H2. The van der Waals surface area contributed by atoms with Gasteiger partial charge in [0.1, 0.15) is 11.5 Å². The van der Waals surface area contributed by atoms with Gasteiger partial charge in [0.25, 0.3) is 5.89 Å². The van der Waals surface area contributed by atoms with E-state index in [-0.39, 0.29) is 12.4 Å². The Labute approximate surface area is 115 Å². The molecule has 0 saturated heterocycles. The molecule has 0 aliphatic carbocycles. The van der Waals surface area contributed by atoms with Gasteiger partial charge in [0.15, 0.2) is 6.61 Å². The fourth-order valence-electron chi connectivity index (χ4n) is 1.74. The van der Waals surface area contributed by atoms with Gasteiger partial charge in [-0.3, -0.25) is 0 Å². The summed E-state index contributed by atoms with van der Waals surface area (Å²) in [5.74, 6) is 1.71. The number of nitrogens with zero attached hydrogens (tertiary/aromatic N) is 2. The Morgan fingerprint density at radius 3 is 2.70 bits per heavy atom. The van der Waals surface area contributed by atoms with Crippen LogP contribution in [0.2, 0.25) is 0 Å². The summed E-state index contributed by atoms with van der Waals surface area (Å²) in [4.78, 5) is 4.22. The first-order valence-electron chi connectivity index (χ1n) is 6.11. The first-order chi connectivity index (χ1) is 9.81. The number of hydrogen-bond donors (Lipinski definition) is 1. The molecular weight excluding hydrogens is 256 g/mol. The molecule has 0 saturated carbocycles. The van der Waals surface area contributed by atoms with Gasteiger partial charge in [-0.2, -0.15) is 4.98 Å². The quantitative estimate of drug-likeness (QED) is 0.787. The predicted octanol–water partition coefficient (Wildman–Crippen LogP) is 3.02. The van der Waals surface area contributed by atoms with E-state index >= 15 is 0 Å². The molecule has 0 atom stereocenters. The molecule has 1 N–H and O–H groups in total. The summed E-state index contributed by atoms with van der Waals surface area (Å²) in [6.45, 7) is 0.204. The first kappa shape index (κ1) is 12.2. The van der Waals surface area contributed by atoms with Crippen LogP contribution in [-0.4, -0.2) is 15.2 Å². The van der Waals surface area contributed by atoms with E-state index < -0.39 is 0 Å². The zero-order chi connectivity index (χ0) is 13.8. The first-order valence-corrected chi connectivity index (χ1v) is 6.11. The van der Waals surface area contributed by atoms with E-state index in [9.17, 15) is 5.11 Å². The second-order valence-corrected chi connectivity index (χ2v) is 4.16. The molecule has 1 aromatic heterocycles. The number of hydrogen-bond acceptors (Lipinski definition) is 5. The summed E-state index contributed by atoms with van der Waals surface area (Å²) in [7, 11) is 0. The lowest BCUT2D eigenvalue weighted by molar-refractivity contribution is 0.243. The van der Waals surface area contributed by atoms with Crippen LogP contribution in [0, 0.1) is 0 Å². The number of aromatic hydroxyl groups is 1. The van der Waals surface area contributed by atoms with Crippen LogP contribution in [0.3, 0.4) is 0 Å². The summed E-state index contributed by atoms with van der Waals surface area (Å²) >= 11 is 0. The van der Waals surface area contributed by atoms with Crippen molar-refractivity contribution in [3.05, 3.63) is 60.5 Å². The Bertz CT molecular complexity index is 695. The minimum absolute atomic E-state index is 0.161. The Hall–Kier alpha value is -2.82. The number of aromatic nitrogens is 2. The molecule has 0 aliphatic heterocycles. The molecule has 3 rings (SSSR count). The van der Waals surface area contributed by atoms with Gasteiger partial charge >= 0.3 is 0 Å². The lowest BCUT2D eigenvalue weighted by Gasteiger charge is -2.01. The molecule has 5 heteroatoms. The van der Waals surface area contributed by atoms with Gasteiger partial charge in [-0.1, -0.05) is 35.5 Å². The molecule has 0 unspecified atom stereocenters. The van der Waals surface area contributed by atoms with Crippen LogP contribution >= 0.6 is 0 Å². The Balaban J connectivity index is 1.71. The van der Waals surface area contributed by atoms with Crippen molar-refractivity contribution < 1.29 is 14.4 Å². The van der Waals surface area contributed by atoms with E-state index in [0.29, 0.717) is 17.3 Å². The van der Waals surface area contributed by atoms with Gasteiger partial charge in [-0.05, 0) is 24.3 Å². The fraction of sp³-hybridized carbons (Fsp3) is 0.0667. The van der Waals surface area contributed by atoms with Gasteiger partial charge in [0, 0.05) is 5.56 Å². The number of benzene rings is 2. The van der Waals surface area contributed by atoms with Crippen LogP contribution in [0.5, 0.6) is 11.5 Å². The molecule has 20 heavy (non-hydrogen) atoms. The molecule has 0 fully saturated rings.